The number of para-hydroxylation sites is 1. The zero-order valence-corrected chi connectivity index (χ0v) is 8.04. The highest BCUT2D eigenvalue weighted by Gasteiger charge is 2.15. The van der Waals surface area contributed by atoms with Crippen LogP contribution in [0.3, 0.4) is 0 Å². The van der Waals surface area contributed by atoms with Crippen LogP contribution in [0.1, 0.15) is 13.3 Å². The van der Waals surface area contributed by atoms with Crippen molar-refractivity contribution in [2.45, 2.75) is 19.4 Å². The van der Waals surface area contributed by atoms with Crippen LogP contribution in [0, 0.1) is 11.6 Å². The third-order valence-corrected chi connectivity index (χ3v) is 1.70. The maximum Gasteiger partial charge on any atom is 0.307 e. The Hall–Kier alpha value is -1.65. The Labute approximate surface area is 85.3 Å². The molecule has 0 saturated carbocycles. The van der Waals surface area contributed by atoms with Gasteiger partial charge in [0.15, 0.2) is 17.4 Å². The number of carboxylic acid groups (broad SMARTS) is 1. The van der Waals surface area contributed by atoms with Crippen LogP contribution in [0.2, 0.25) is 0 Å². The number of rotatable bonds is 4. The molecule has 0 saturated heterocycles. The van der Waals surface area contributed by atoms with Crippen LogP contribution >= 0.6 is 0 Å². The number of carbonyl (C=O) groups is 1. The fourth-order valence-electron chi connectivity index (χ4n) is 1.08. The number of carboxylic acids is 1. The van der Waals surface area contributed by atoms with E-state index in [1.165, 1.54) is 13.0 Å². The van der Waals surface area contributed by atoms with E-state index < -0.39 is 29.5 Å². The van der Waals surface area contributed by atoms with Crippen LogP contribution in [0.15, 0.2) is 18.2 Å². The molecule has 1 rings (SSSR count). The number of benzene rings is 1. The minimum atomic E-state index is -1.08. The largest absolute Gasteiger partial charge is 0.484 e. The number of halogens is 2. The second-order valence-electron chi connectivity index (χ2n) is 3.08. The van der Waals surface area contributed by atoms with Crippen molar-refractivity contribution in [3.05, 3.63) is 29.8 Å². The molecule has 0 heterocycles. The van der Waals surface area contributed by atoms with Gasteiger partial charge >= 0.3 is 5.97 Å². The predicted octanol–water partition coefficient (Wildman–Crippen LogP) is 2.21. The molecule has 0 radical (unpaired) electrons. The van der Waals surface area contributed by atoms with Crippen molar-refractivity contribution in [1.82, 2.24) is 0 Å². The first kappa shape index (κ1) is 11.4. The lowest BCUT2D eigenvalue weighted by Crippen LogP contribution is -2.17. The van der Waals surface area contributed by atoms with E-state index in [4.69, 9.17) is 9.84 Å². The highest BCUT2D eigenvalue weighted by molar-refractivity contribution is 5.67. The summed E-state index contributed by atoms with van der Waals surface area (Å²) in [6.45, 7) is 1.43. The van der Waals surface area contributed by atoms with Gasteiger partial charge in [-0.05, 0) is 19.1 Å². The quantitative estimate of drug-likeness (QED) is 0.839. The molecule has 82 valence electrons. The van der Waals surface area contributed by atoms with E-state index in [0.717, 1.165) is 12.1 Å². The smallest absolute Gasteiger partial charge is 0.307 e. The summed E-state index contributed by atoms with van der Waals surface area (Å²) in [7, 11) is 0. The average Bonchev–Trinajstić information content (AvgIpc) is 2.10. The molecule has 1 N–H and O–H groups in total. The molecule has 0 bridgehead atoms. The number of hydrogen-bond donors (Lipinski definition) is 1. The second kappa shape index (κ2) is 4.72. The maximum absolute atomic E-state index is 13.0. The molecule has 0 amide bonds. The first-order valence-corrected chi connectivity index (χ1v) is 4.33. The first-order valence-electron chi connectivity index (χ1n) is 4.33. The van der Waals surface area contributed by atoms with E-state index in [0.29, 0.717) is 0 Å². The van der Waals surface area contributed by atoms with Gasteiger partial charge in [-0.25, -0.2) is 8.78 Å². The topological polar surface area (TPSA) is 46.5 Å². The van der Waals surface area contributed by atoms with Gasteiger partial charge in [0, 0.05) is 0 Å². The highest BCUT2D eigenvalue weighted by atomic mass is 19.1. The normalized spacial score (nSPS) is 12.2. The summed E-state index contributed by atoms with van der Waals surface area (Å²) >= 11 is 0. The maximum atomic E-state index is 13.0. The SMILES string of the molecule is C[C@H](CC(=O)O)Oc1c(F)cccc1F. The van der Waals surface area contributed by atoms with Gasteiger partial charge in [0.1, 0.15) is 6.10 Å². The lowest BCUT2D eigenvalue weighted by atomic mass is 10.2. The summed E-state index contributed by atoms with van der Waals surface area (Å²) in [6.07, 6.45) is -1.10. The Morgan fingerprint density at radius 2 is 2.00 bits per heavy atom. The molecule has 0 aromatic heterocycles. The fraction of sp³-hybridized carbons (Fsp3) is 0.300. The fourth-order valence-corrected chi connectivity index (χ4v) is 1.08. The minimum absolute atomic E-state index is 0.312. The van der Waals surface area contributed by atoms with Gasteiger partial charge in [-0.3, -0.25) is 4.79 Å². The van der Waals surface area contributed by atoms with E-state index >= 15 is 0 Å². The lowest BCUT2D eigenvalue weighted by molar-refractivity contribution is -0.138. The van der Waals surface area contributed by atoms with E-state index in [-0.39, 0.29) is 6.42 Å². The molecule has 0 aliphatic heterocycles. The van der Waals surface area contributed by atoms with Gasteiger partial charge in [-0.1, -0.05) is 6.07 Å². The molecule has 0 fully saturated rings. The van der Waals surface area contributed by atoms with E-state index in [9.17, 15) is 13.6 Å². The molecule has 3 nitrogen and oxygen atoms in total. The molecule has 0 unspecified atom stereocenters. The zero-order chi connectivity index (χ0) is 11.4. The third kappa shape index (κ3) is 3.19. The summed E-state index contributed by atoms with van der Waals surface area (Å²) in [4.78, 5) is 10.3. The molecule has 0 spiro atoms. The summed E-state index contributed by atoms with van der Waals surface area (Å²) in [5.41, 5.74) is 0. The number of ether oxygens (including phenoxy) is 1. The molecule has 1 atom stereocenters. The van der Waals surface area contributed by atoms with Crippen molar-refractivity contribution < 1.29 is 23.4 Å². The molecule has 0 aliphatic carbocycles. The van der Waals surface area contributed by atoms with E-state index in [2.05, 4.69) is 0 Å². The summed E-state index contributed by atoms with van der Waals surface area (Å²) < 4.78 is 30.9. The Morgan fingerprint density at radius 1 is 1.47 bits per heavy atom. The van der Waals surface area contributed by atoms with Crippen LogP contribution in [0.5, 0.6) is 5.75 Å². The summed E-state index contributed by atoms with van der Waals surface area (Å²) in [5.74, 6) is -3.30. The second-order valence-corrected chi connectivity index (χ2v) is 3.08. The van der Waals surface area contributed by atoms with Crippen LogP contribution in [0.4, 0.5) is 8.78 Å². The van der Waals surface area contributed by atoms with Gasteiger partial charge in [-0.15, -0.1) is 0 Å². The molecular formula is C10H10F2O3. The monoisotopic (exact) mass is 216 g/mol. The molecule has 1 aromatic rings. The molecule has 0 aliphatic rings. The van der Waals surface area contributed by atoms with Gasteiger partial charge in [0.25, 0.3) is 0 Å². The summed E-state index contributed by atoms with van der Waals surface area (Å²) in [6, 6.07) is 3.30. The van der Waals surface area contributed by atoms with E-state index in [1.54, 1.807) is 0 Å². The average molecular weight is 216 g/mol. The van der Waals surface area contributed by atoms with Crippen molar-refractivity contribution in [3.8, 4) is 5.75 Å². The van der Waals surface area contributed by atoms with Crippen molar-refractivity contribution in [1.29, 1.82) is 0 Å². The number of hydrogen-bond acceptors (Lipinski definition) is 2. The van der Waals surface area contributed by atoms with Gasteiger partial charge in [0.2, 0.25) is 0 Å². The van der Waals surface area contributed by atoms with Crippen molar-refractivity contribution in [2.24, 2.45) is 0 Å². The van der Waals surface area contributed by atoms with Crippen molar-refractivity contribution in [3.63, 3.8) is 0 Å². The van der Waals surface area contributed by atoms with Gasteiger partial charge in [-0.2, -0.15) is 0 Å². The molecule has 1 aromatic carbocycles. The summed E-state index contributed by atoms with van der Waals surface area (Å²) in [5, 5.41) is 8.43. The highest BCUT2D eigenvalue weighted by Crippen LogP contribution is 2.22. The van der Waals surface area contributed by atoms with Gasteiger partial charge in [0.05, 0.1) is 6.42 Å². The van der Waals surface area contributed by atoms with Gasteiger partial charge < -0.3 is 9.84 Å². The van der Waals surface area contributed by atoms with Crippen LogP contribution < -0.4 is 4.74 Å². The van der Waals surface area contributed by atoms with Crippen LogP contribution in [-0.4, -0.2) is 17.2 Å². The van der Waals surface area contributed by atoms with Crippen LogP contribution in [0.25, 0.3) is 0 Å². The first-order chi connectivity index (χ1) is 7.00. The Bertz CT molecular complexity index is 345. The molecular weight excluding hydrogens is 206 g/mol. The minimum Gasteiger partial charge on any atom is -0.484 e. The Morgan fingerprint density at radius 3 is 2.47 bits per heavy atom. The molecule has 15 heavy (non-hydrogen) atoms. The van der Waals surface area contributed by atoms with Crippen LogP contribution in [-0.2, 0) is 4.79 Å². The third-order valence-electron chi connectivity index (χ3n) is 1.70. The van der Waals surface area contributed by atoms with Crippen molar-refractivity contribution in [2.75, 3.05) is 0 Å². The Balaban J connectivity index is 2.76. The van der Waals surface area contributed by atoms with E-state index in [1.807, 2.05) is 0 Å². The standard InChI is InChI=1S/C10H10F2O3/c1-6(5-9(13)14)15-10-7(11)3-2-4-8(10)12/h2-4,6H,5H2,1H3,(H,13,14)/t6-/m1/s1. The predicted molar refractivity (Wildman–Crippen MR) is 48.7 cm³/mol. The zero-order valence-electron chi connectivity index (χ0n) is 8.04. The molecule has 5 heteroatoms. The van der Waals surface area contributed by atoms with Crippen molar-refractivity contribution >= 4 is 5.97 Å². The Kier molecular flexibility index (Phi) is 3.60. The number of aliphatic carboxylic acids is 1. The lowest BCUT2D eigenvalue weighted by Gasteiger charge is -2.13.